The minimum atomic E-state index is -0.226. The average molecular weight is 301 g/mol. The summed E-state index contributed by atoms with van der Waals surface area (Å²) < 4.78 is 5.24. The number of thiocarbonyl (C=S) groups is 1. The minimum absolute atomic E-state index is 0.226. The van der Waals surface area contributed by atoms with Crippen LogP contribution in [0.2, 0.25) is 0 Å². The van der Waals surface area contributed by atoms with E-state index in [2.05, 4.69) is 10.3 Å². The molecule has 1 aromatic carbocycles. The van der Waals surface area contributed by atoms with Crippen molar-refractivity contribution < 1.29 is 9.53 Å². The van der Waals surface area contributed by atoms with Gasteiger partial charge in [-0.2, -0.15) is 0 Å². The van der Waals surface area contributed by atoms with E-state index in [-0.39, 0.29) is 5.91 Å². The summed E-state index contributed by atoms with van der Waals surface area (Å²) >= 11 is 4.87. The number of nitrogens with one attached hydrogen (secondary N) is 1. The summed E-state index contributed by atoms with van der Waals surface area (Å²) in [6.45, 7) is 2.43. The molecule has 3 N–H and O–H groups in total. The van der Waals surface area contributed by atoms with Gasteiger partial charge in [0.25, 0.3) is 5.91 Å². The lowest BCUT2D eigenvalue weighted by molar-refractivity contribution is 0.102. The van der Waals surface area contributed by atoms with Crippen molar-refractivity contribution in [2.24, 2.45) is 5.73 Å². The molecule has 1 amide bonds. The Balaban J connectivity index is 2.05. The number of amides is 1. The Bertz CT molecular complexity index is 639. The SMILES string of the molecule is CCOc1ccc(NC(=O)c2ccc(C(N)=S)cc2)cn1. The number of hydrogen-bond acceptors (Lipinski definition) is 4. The monoisotopic (exact) mass is 301 g/mol. The van der Waals surface area contributed by atoms with Gasteiger partial charge in [-0.3, -0.25) is 4.79 Å². The highest BCUT2D eigenvalue weighted by atomic mass is 32.1. The Hall–Kier alpha value is -2.47. The highest BCUT2D eigenvalue weighted by Crippen LogP contribution is 2.13. The van der Waals surface area contributed by atoms with Crippen molar-refractivity contribution in [2.75, 3.05) is 11.9 Å². The maximum atomic E-state index is 12.1. The zero-order valence-corrected chi connectivity index (χ0v) is 12.3. The summed E-state index contributed by atoms with van der Waals surface area (Å²) in [4.78, 5) is 16.5. The van der Waals surface area contributed by atoms with Gasteiger partial charge in [-0.25, -0.2) is 4.98 Å². The van der Waals surface area contributed by atoms with Gasteiger partial charge in [0.1, 0.15) is 4.99 Å². The molecular weight excluding hydrogens is 286 g/mol. The maximum absolute atomic E-state index is 12.1. The van der Waals surface area contributed by atoms with Crippen molar-refractivity contribution in [3.05, 3.63) is 53.7 Å². The van der Waals surface area contributed by atoms with Crippen LogP contribution in [0, 0.1) is 0 Å². The second-order valence-corrected chi connectivity index (χ2v) is 4.65. The van der Waals surface area contributed by atoms with Gasteiger partial charge < -0.3 is 15.8 Å². The number of carbonyl (C=O) groups excluding carboxylic acids is 1. The van der Waals surface area contributed by atoms with E-state index in [0.29, 0.717) is 28.7 Å². The van der Waals surface area contributed by atoms with E-state index in [1.54, 1.807) is 42.6 Å². The molecule has 0 atom stereocenters. The molecule has 1 aromatic heterocycles. The number of nitrogens with two attached hydrogens (primary N) is 1. The molecule has 108 valence electrons. The molecule has 2 rings (SSSR count). The third-order valence-corrected chi connectivity index (χ3v) is 2.95. The molecule has 0 unspecified atom stereocenters. The summed E-state index contributed by atoms with van der Waals surface area (Å²) in [5.74, 6) is 0.298. The number of hydrogen-bond donors (Lipinski definition) is 2. The van der Waals surface area contributed by atoms with Crippen molar-refractivity contribution >= 4 is 28.8 Å². The van der Waals surface area contributed by atoms with Crippen molar-refractivity contribution in [1.29, 1.82) is 0 Å². The van der Waals surface area contributed by atoms with E-state index in [1.165, 1.54) is 0 Å². The third-order valence-electron chi connectivity index (χ3n) is 2.72. The highest BCUT2D eigenvalue weighted by molar-refractivity contribution is 7.80. The van der Waals surface area contributed by atoms with E-state index < -0.39 is 0 Å². The number of aromatic nitrogens is 1. The van der Waals surface area contributed by atoms with Gasteiger partial charge in [0.15, 0.2) is 0 Å². The Morgan fingerprint density at radius 1 is 1.24 bits per heavy atom. The van der Waals surface area contributed by atoms with Crippen molar-refractivity contribution in [3.8, 4) is 5.88 Å². The molecule has 6 heteroatoms. The second-order valence-electron chi connectivity index (χ2n) is 4.21. The molecule has 1 heterocycles. The summed E-state index contributed by atoms with van der Waals surface area (Å²) in [6, 6.07) is 10.2. The van der Waals surface area contributed by atoms with Crippen LogP contribution in [-0.2, 0) is 0 Å². The number of nitrogens with zero attached hydrogens (tertiary/aromatic N) is 1. The summed E-state index contributed by atoms with van der Waals surface area (Å²) in [5, 5.41) is 2.76. The Labute approximate surface area is 128 Å². The van der Waals surface area contributed by atoms with Crippen molar-refractivity contribution in [2.45, 2.75) is 6.92 Å². The molecule has 5 nitrogen and oxygen atoms in total. The molecule has 0 aliphatic heterocycles. The normalized spacial score (nSPS) is 9.95. The average Bonchev–Trinajstić information content (AvgIpc) is 2.49. The predicted octanol–water partition coefficient (Wildman–Crippen LogP) is 2.37. The van der Waals surface area contributed by atoms with Crippen LogP contribution in [0.3, 0.4) is 0 Å². The van der Waals surface area contributed by atoms with Gasteiger partial charge in [-0.1, -0.05) is 24.4 Å². The first-order valence-corrected chi connectivity index (χ1v) is 6.81. The number of ether oxygens (including phenoxy) is 1. The van der Waals surface area contributed by atoms with Crippen LogP contribution >= 0.6 is 12.2 Å². The third kappa shape index (κ3) is 4.00. The molecule has 2 aromatic rings. The molecule has 0 saturated carbocycles. The summed E-state index contributed by atoms with van der Waals surface area (Å²) in [6.07, 6.45) is 1.55. The van der Waals surface area contributed by atoms with Crippen LogP contribution in [0.25, 0.3) is 0 Å². The van der Waals surface area contributed by atoms with E-state index in [0.717, 1.165) is 5.56 Å². The maximum Gasteiger partial charge on any atom is 0.255 e. The quantitative estimate of drug-likeness (QED) is 0.829. The van der Waals surface area contributed by atoms with Gasteiger partial charge >= 0.3 is 0 Å². The van der Waals surface area contributed by atoms with Crippen molar-refractivity contribution in [1.82, 2.24) is 4.98 Å². The molecule has 0 bridgehead atoms. The molecule has 0 aliphatic rings. The number of benzene rings is 1. The minimum Gasteiger partial charge on any atom is -0.478 e. The molecule has 0 radical (unpaired) electrons. The zero-order chi connectivity index (χ0) is 15.2. The van der Waals surface area contributed by atoms with Crippen molar-refractivity contribution in [3.63, 3.8) is 0 Å². The van der Waals surface area contributed by atoms with Gasteiger partial charge in [0.05, 0.1) is 18.5 Å². The molecule has 0 aliphatic carbocycles. The van der Waals surface area contributed by atoms with E-state index in [4.69, 9.17) is 22.7 Å². The van der Waals surface area contributed by atoms with Crippen LogP contribution in [0.5, 0.6) is 5.88 Å². The Morgan fingerprint density at radius 3 is 2.43 bits per heavy atom. The first-order valence-electron chi connectivity index (χ1n) is 6.40. The number of pyridine rings is 1. The number of anilines is 1. The second kappa shape index (κ2) is 6.81. The fraction of sp³-hybridized carbons (Fsp3) is 0.133. The molecule has 0 fully saturated rings. The Kier molecular flexibility index (Phi) is 4.84. The van der Waals surface area contributed by atoms with E-state index >= 15 is 0 Å². The molecule has 0 saturated heterocycles. The number of rotatable bonds is 5. The molecule has 21 heavy (non-hydrogen) atoms. The van der Waals surface area contributed by atoms with Crippen LogP contribution < -0.4 is 15.8 Å². The van der Waals surface area contributed by atoms with Crippen LogP contribution in [0.15, 0.2) is 42.6 Å². The topological polar surface area (TPSA) is 77.2 Å². The van der Waals surface area contributed by atoms with Gasteiger partial charge in [0.2, 0.25) is 5.88 Å². The van der Waals surface area contributed by atoms with Gasteiger partial charge in [-0.15, -0.1) is 0 Å². The Morgan fingerprint density at radius 2 is 1.90 bits per heavy atom. The first-order chi connectivity index (χ1) is 10.1. The largest absolute Gasteiger partial charge is 0.478 e. The fourth-order valence-corrected chi connectivity index (χ4v) is 1.81. The first kappa shape index (κ1) is 14.9. The zero-order valence-electron chi connectivity index (χ0n) is 11.5. The standard InChI is InChI=1S/C15H15N3O2S/c1-2-20-13-8-7-12(9-17-13)18-15(19)11-5-3-10(4-6-11)14(16)21/h3-9H,2H2,1H3,(H2,16,21)(H,18,19). The smallest absolute Gasteiger partial charge is 0.255 e. The summed E-state index contributed by atoms with van der Waals surface area (Å²) in [5.41, 5.74) is 7.36. The predicted molar refractivity (Wildman–Crippen MR) is 85.7 cm³/mol. The number of carbonyl (C=O) groups is 1. The lowest BCUT2D eigenvalue weighted by Crippen LogP contribution is -2.13. The lowest BCUT2D eigenvalue weighted by Gasteiger charge is -2.07. The van der Waals surface area contributed by atoms with Gasteiger partial charge in [0, 0.05) is 17.2 Å². The highest BCUT2D eigenvalue weighted by Gasteiger charge is 2.07. The fourth-order valence-electron chi connectivity index (χ4n) is 1.68. The lowest BCUT2D eigenvalue weighted by atomic mass is 10.1. The van der Waals surface area contributed by atoms with Crippen LogP contribution in [0.4, 0.5) is 5.69 Å². The molecular formula is C15H15N3O2S. The molecule has 0 spiro atoms. The van der Waals surface area contributed by atoms with Gasteiger partial charge in [-0.05, 0) is 25.1 Å². The van der Waals surface area contributed by atoms with E-state index in [1.807, 2.05) is 6.92 Å². The van der Waals surface area contributed by atoms with Crippen LogP contribution in [0.1, 0.15) is 22.8 Å². The van der Waals surface area contributed by atoms with E-state index in [9.17, 15) is 4.79 Å². The van der Waals surface area contributed by atoms with Crippen LogP contribution in [-0.4, -0.2) is 22.5 Å². The summed E-state index contributed by atoms with van der Waals surface area (Å²) in [7, 11) is 0.